The van der Waals surface area contributed by atoms with E-state index < -0.39 is 15.0 Å². The molecule has 0 aliphatic rings. The van der Waals surface area contributed by atoms with Crippen LogP contribution in [0.3, 0.4) is 0 Å². The van der Waals surface area contributed by atoms with Crippen molar-refractivity contribution in [2.75, 3.05) is 0 Å². The van der Waals surface area contributed by atoms with Gasteiger partial charge in [-0.3, -0.25) is 10.1 Å². The average molecular weight is 358 g/mol. The fourth-order valence-corrected chi connectivity index (χ4v) is 2.78. The van der Waals surface area contributed by atoms with Crippen molar-refractivity contribution in [3.8, 4) is 5.75 Å². The summed E-state index contributed by atoms with van der Waals surface area (Å²) in [6, 6.07) is 11.3. The summed E-state index contributed by atoms with van der Waals surface area (Å²) < 4.78 is 29.1. The summed E-state index contributed by atoms with van der Waals surface area (Å²) in [5, 5.41) is 10.8. The maximum absolute atomic E-state index is 12.0. The SMILES string of the molecule is O=[N+]([O-])c1cc(OS(=O)(=O)c2ccccc2)ccc1Br. The topological polar surface area (TPSA) is 86.5 Å². The third kappa shape index (κ3) is 3.14. The molecule has 0 aliphatic heterocycles. The summed E-state index contributed by atoms with van der Waals surface area (Å²) >= 11 is 3.01. The Bertz CT molecular complexity index is 746. The molecule has 0 spiro atoms. The second-order valence-corrected chi connectivity index (χ2v) is 6.12. The molecule has 8 heteroatoms. The van der Waals surface area contributed by atoms with Gasteiger partial charge in [-0.05, 0) is 40.2 Å². The average Bonchev–Trinajstić information content (AvgIpc) is 2.41. The van der Waals surface area contributed by atoms with Gasteiger partial charge in [0.1, 0.15) is 10.6 Å². The minimum Gasteiger partial charge on any atom is -0.379 e. The van der Waals surface area contributed by atoms with Crippen molar-refractivity contribution in [1.29, 1.82) is 0 Å². The molecule has 0 heterocycles. The van der Waals surface area contributed by atoms with Gasteiger partial charge in [0.25, 0.3) is 5.69 Å². The zero-order valence-corrected chi connectivity index (χ0v) is 12.3. The smallest absolute Gasteiger partial charge is 0.339 e. The Morgan fingerprint density at radius 1 is 1.10 bits per heavy atom. The number of benzene rings is 2. The van der Waals surface area contributed by atoms with Gasteiger partial charge >= 0.3 is 10.1 Å². The van der Waals surface area contributed by atoms with E-state index in [0.29, 0.717) is 0 Å². The normalized spacial score (nSPS) is 11.1. The van der Waals surface area contributed by atoms with Gasteiger partial charge < -0.3 is 4.18 Å². The summed E-state index contributed by atoms with van der Waals surface area (Å²) in [7, 11) is -4.01. The van der Waals surface area contributed by atoms with Crippen LogP contribution in [0, 0.1) is 10.1 Å². The van der Waals surface area contributed by atoms with Crippen molar-refractivity contribution >= 4 is 31.7 Å². The molecule has 6 nitrogen and oxygen atoms in total. The molecule has 0 saturated heterocycles. The maximum atomic E-state index is 12.0. The molecule has 0 amide bonds. The fraction of sp³-hybridized carbons (Fsp3) is 0. The van der Waals surface area contributed by atoms with Crippen LogP contribution in [-0.2, 0) is 10.1 Å². The molecule has 20 heavy (non-hydrogen) atoms. The summed E-state index contributed by atoms with van der Waals surface area (Å²) in [6.45, 7) is 0. The van der Waals surface area contributed by atoms with Crippen LogP contribution in [0.5, 0.6) is 5.75 Å². The summed E-state index contributed by atoms with van der Waals surface area (Å²) in [6.07, 6.45) is 0. The number of hydrogen-bond donors (Lipinski definition) is 0. The highest BCUT2D eigenvalue weighted by Crippen LogP contribution is 2.30. The largest absolute Gasteiger partial charge is 0.379 e. The fourth-order valence-electron chi connectivity index (χ4n) is 1.45. The van der Waals surface area contributed by atoms with Crippen molar-refractivity contribution < 1.29 is 17.5 Å². The van der Waals surface area contributed by atoms with Crippen molar-refractivity contribution in [1.82, 2.24) is 0 Å². The van der Waals surface area contributed by atoms with Crippen LogP contribution in [0.1, 0.15) is 0 Å². The Labute approximate surface area is 123 Å². The Morgan fingerprint density at radius 2 is 1.75 bits per heavy atom. The first kappa shape index (κ1) is 14.5. The number of hydrogen-bond acceptors (Lipinski definition) is 5. The number of nitrogens with zero attached hydrogens (tertiary/aromatic N) is 1. The quantitative estimate of drug-likeness (QED) is 0.476. The number of halogens is 1. The lowest BCUT2D eigenvalue weighted by Crippen LogP contribution is -2.09. The van der Waals surface area contributed by atoms with E-state index in [1.807, 2.05) is 0 Å². The highest BCUT2D eigenvalue weighted by Gasteiger charge is 2.19. The first-order valence-electron chi connectivity index (χ1n) is 5.33. The van der Waals surface area contributed by atoms with Crippen LogP contribution < -0.4 is 4.18 Å². The van der Waals surface area contributed by atoms with E-state index in [1.165, 1.54) is 24.3 Å². The molecular formula is C12H8BrNO5S. The van der Waals surface area contributed by atoms with Crippen LogP contribution in [0.15, 0.2) is 57.9 Å². The molecule has 0 unspecified atom stereocenters. The second-order valence-electron chi connectivity index (χ2n) is 3.72. The molecule has 0 radical (unpaired) electrons. The molecule has 0 saturated carbocycles. The van der Waals surface area contributed by atoms with Gasteiger partial charge in [0.05, 0.1) is 15.5 Å². The summed E-state index contributed by atoms with van der Waals surface area (Å²) in [5.74, 6) is -0.122. The van der Waals surface area contributed by atoms with E-state index in [1.54, 1.807) is 18.2 Å². The molecule has 0 aromatic heterocycles. The van der Waals surface area contributed by atoms with Gasteiger partial charge in [0, 0.05) is 0 Å². The number of nitro groups is 1. The van der Waals surface area contributed by atoms with Crippen molar-refractivity contribution in [3.63, 3.8) is 0 Å². The standard InChI is InChI=1S/C12H8BrNO5S/c13-11-7-6-9(8-12(11)14(15)16)19-20(17,18)10-4-2-1-3-5-10/h1-8H. The lowest BCUT2D eigenvalue weighted by Gasteiger charge is -2.07. The van der Waals surface area contributed by atoms with E-state index in [0.717, 1.165) is 6.07 Å². The van der Waals surface area contributed by atoms with E-state index in [4.69, 9.17) is 4.18 Å². The number of nitro benzene ring substituents is 1. The molecule has 0 bridgehead atoms. The van der Waals surface area contributed by atoms with E-state index in [-0.39, 0.29) is 20.8 Å². The minimum atomic E-state index is -4.01. The number of rotatable bonds is 4. The monoisotopic (exact) mass is 357 g/mol. The first-order chi connectivity index (χ1) is 9.40. The van der Waals surface area contributed by atoms with Crippen molar-refractivity contribution in [2.24, 2.45) is 0 Å². The maximum Gasteiger partial charge on any atom is 0.339 e. The third-order valence-electron chi connectivity index (χ3n) is 2.35. The third-order valence-corrected chi connectivity index (χ3v) is 4.28. The van der Waals surface area contributed by atoms with Crippen LogP contribution in [0.4, 0.5) is 5.69 Å². The molecule has 2 aromatic carbocycles. The molecule has 2 aromatic rings. The Hall–Kier alpha value is -1.93. The molecule has 0 fully saturated rings. The zero-order chi connectivity index (χ0) is 14.8. The Kier molecular flexibility index (Phi) is 4.05. The van der Waals surface area contributed by atoms with Crippen LogP contribution in [-0.4, -0.2) is 13.3 Å². The van der Waals surface area contributed by atoms with Crippen LogP contribution in [0.2, 0.25) is 0 Å². The Balaban J connectivity index is 2.36. The van der Waals surface area contributed by atoms with Crippen molar-refractivity contribution in [3.05, 3.63) is 63.1 Å². The lowest BCUT2D eigenvalue weighted by molar-refractivity contribution is -0.385. The second kappa shape index (κ2) is 5.59. The molecule has 0 N–H and O–H groups in total. The van der Waals surface area contributed by atoms with Gasteiger partial charge in [0.15, 0.2) is 0 Å². The molecule has 2 rings (SSSR count). The summed E-state index contributed by atoms with van der Waals surface area (Å²) in [5.41, 5.74) is -0.272. The van der Waals surface area contributed by atoms with Gasteiger partial charge in [-0.15, -0.1) is 0 Å². The lowest BCUT2D eigenvalue weighted by atomic mass is 10.3. The molecular weight excluding hydrogens is 350 g/mol. The van der Waals surface area contributed by atoms with Crippen LogP contribution >= 0.6 is 15.9 Å². The van der Waals surface area contributed by atoms with E-state index in [9.17, 15) is 18.5 Å². The van der Waals surface area contributed by atoms with Gasteiger partial charge in [-0.1, -0.05) is 18.2 Å². The van der Waals surface area contributed by atoms with Gasteiger partial charge in [-0.2, -0.15) is 8.42 Å². The Morgan fingerprint density at radius 3 is 2.35 bits per heavy atom. The van der Waals surface area contributed by atoms with Gasteiger partial charge in [-0.25, -0.2) is 0 Å². The van der Waals surface area contributed by atoms with E-state index >= 15 is 0 Å². The highest BCUT2D eigenvalue weighted by molar-refractivity contribution is 9.10. The van der Waals surface area contributed by atoms with E-state index in [2.05, 4.69) is 15.9 Å². The first-order valence-corrected chi connectivity index (χ1v) is 7.54. The predicted octanol–water partition coefficient (Wildman–Crippen LogP) is 3.13. The predicted molar refractivity (Wildman–Crippen MR) is 75.1 cm³/mol. The van der Waals surface area contributed by atoms with Crippen molar-refractivity contribution in [2.45, 2.75) is 4.90 Å². The molecule has 104 valence electrons. The molecule has 0 atom stereocenters. The van der Waals surface area contributed by atoms with Crippen LogP contribution in [0.25, 0.3) is 0 Å². The minimum absolute atomic E-state index is 0.0226. The highest BCUT2D eigenvalue weighted by atomic mass is 79.9. The van der Waals surface area contributed by atoms with Gasteiger partial charge in [0.2, 0.25) is 0 Å². The molecule has 0 aliphatic carbocycles. The zero-order valence-electron chi connectivity index (χ0n) is 9.89. The summed E-state index contributed by atoms with van der Waals surface area (Å²) in [4.78, 5) is 10.1.